The minimum atomic E-state index is -1.15. The van der Waals surface area contributed by atoms with Crippen LogP contribution in [0.3, 0.4) is 0 Å². The summed E-state index contributed by atoms with van der Waals surface area (Å²) in [7, 11) is 0. The van der Waals surface area contributed by atoms with E-state index in [-0.39, 0.29) is 12.0 Å². The molecule has 0 unspecified atom stereocenters. The first-order chi connectivity index (χ1) is 7.49. The number of carbonyl (C=O) groups is 2. The fourth-order valence-electron chi connectivity index (χ4n) is 1.09. The number of hydrogen-bond acceptors (Lipinski definition) is 2. The maximum Gasteiger partial charge on any atom is 0.322 e. The van der Waals surface area contributed by atoms with Crippen LogP contribution in [-0.4, -0.2) is 23.5 Å². The van der Waals surface area contributed by atoms with Gasteiger partial charge in [0, 0.05) is 5.02 Å². The first-order valence-electron chi connectivity index (χ1n) is 4.41. The van der Waals surface area contributed by atoms with E-state index in [2.05, 4.69) is 5.32 Å². The molecule has 0 bridgehead atoms. The molecule has 4 nitrogen and oxygen atoms in total. The zero-order valence-corrected chi connectivity index (χ0v) is 8.92. The summed E-state index contributed by atoms with van der Waals surface area (Å²) in [4.78, 5) is 21.4. The Morgan fingerprint density at radius 1 is 1.44 bits per heavy atom. The largest absolute Gasteiger partial charge is 0.480 e. The third-order valence-corrected chi connectivity index (χ3v) is 2.03. The summed E-state index contributed by atoms with van der Waals surface area (Å²) in [5.41, 5.74) is 0.135. The summed E-state index contributed by atoms with van der Waals surface area (Å²) in [6.45, 7) is -0.485. The second-order valence-electron chi connectivity index (χ2n) is 3.08. The molecular weight excluding hydrogens is 237 g/mol. The van der Waals surface area contributed by atoms with Gasteiger partial charge in [-0.2, -0.15) is 0 Å². The van der Waals surface area contributed by atoms with Gasteiger partial charge >= 0.3 is 5.97 Å². The molecule has 86 valence electrons. The van der Waals surface area contributed by atoms with E-state index >= 15 is 0 Å². The van der Waals surface area contributed by atoms with Gasteiger partial charge < -0.3 is 10.4 Å². The Balaban J connectivity index is 2.62. The number of aliphatic carboxylic acids is 1. The lowest BCUT2D eigenvalue weighted by atomic mass is 10.1. The number of hydrogen-bond donors (Lipinski definition) is 2. The van der Waals surface area contributed by atoms with Crippen LogP contribution in [0, 0.1) is 5.82 Å². The Hall–Kier alpha value is -1.62. The van der Waals surface area contributed by atoms with Gasteiger partial charge in [0.15, 0.2) is 0 Å². The van der Waals surface area contributed by atoms with Crippen molar-refractivity contribution in [1.82, 2.24) is 5.32 Å². The molecule has 0 aliphatic heterocycles. The molecule has 0 fully saturated rings. The third kappa shape index (κ3) is 3.86. The lowest BCUT2D eigenvalue weighted by molar-refractivity contribution is -0.137. The number of amides is 1. The van der Waals surface area contributed by atoms with Gasteiger partial charge in [-0.25, -0.2) is 4.39 Å². The zero-order valence-electron chi connectivity index (χ0n) is 8.17. The van der Waals surface area contributed by atoms with Crippen LogP contribution in [0.25, 0.3) is 0 Å². The van der Waals surface area contributed by atoms with Gasteiger partial charge in [-0.15, -0.1) is 0 Å². The molecule has 2 N–H and O–H groups in total. The monoisotopic (exact) mass is 245 g/mol. The molecular formula is C10H9ClFNO3. The van der Waals surface area contributed by atoms with Gasteiger partial charge in [-0.1, -0.05) is 11.6 Å². The average molecular weight is 246 g/mol. The molecule has 0 aromatic heterocycles. The van der Waals surface area contributed by atoms with Crippen molar-refractivity contribution < 1.29 is 19.1 Å². The highest BCUT2D eigenvalue weighted by Crippen LogP contribution is 2.15. The van der Waals surface area contributed by atoms with Gasteiger partial charge in [-0.05, 0) is 23.8 Å². The van der Waals surface area contributed by atoms with E-state index in [1.54, 1.807) is 0 Å². The maximum absolute atomic E-state index is 13.2. The number of carbonyl (C=O) groups excluding carboxylic acids is 1. The lowest BCUT2D eigenvalue weighted by Gasteiger charge is -2.04. The average Bonchev–Trinajstić information content (AvgIpc) is 2.20. The molecule has 0 saturated heterocycles. The molecule has 1 rings (SSSR count). The molecule has 0 saturated carbocycles. The van der Waals surface area contributed by atoms with E-state index in [0.717, 1.165) is 6.07 Å². The molecule has 0 atom stereocenters. The summed E-state index contributed by atoms with van der Waals surface area (Å²) in [6, 6.07) is 3.86. The van der Waals surface area contributed by atoms with E-state index < -0.39 is 24.2 Å². The molecule has 0 spiro atoms. The minimum Gasteiger partial charge on any atom is -0.480 e. The molecule has 0 radical (unpaired) electrons. The van der Waals surface area contributed by atoms with Crippen molar-refractivity contribution in [2.45, 2.75) is 6.42 Å². The molecule has 0 aliphatic carbocycles. The van der Waals surface area contributed by atoms with Crippen LogP contribution < -0.4 is 5.32 Å². The quantitative estimate of drug-likeness (QED) is 0.838. The Kier molecular flexibility index (Phi) is 4.25. The molecule has 6 heteroatoms. The Morgan fingerprint density at radius 2 is 2.12 bits per heavy atom. The zero-order chi connectivity index (χ0) is 12.1. The van der Waals surface area contributed by atoms with E-state index in [9.17, 15) is 14.0 Å². The Morgan fingerprint density at radius 3 is 2.75 bits per heavy atom. The van der Waals surface area contributed by atoms with Crippen LogP contribution in [0.4, 0.5) is 4.39 Å². The topological polar surface area (TPSA) is 66.4 Å². The number of carboxylic acid groups (broad SMARTS) is 1. The van der Waals surface area contributed by atoms with Crippen LogP contribution in [0.2, 0.25) is 5.02 Å². The summed E-state index contributed by atoms with van der Waals surface area (Å²) < 4.78 is 13.2. The lowest BCUT2D eigenvalue weighted by Crippen LogP contribution is -2.30. The summed E-state index contributed by atoms with van der Waals surface area (Å²) >= 11 is 5.64. The second-order valence-corrected chi connectivity index (χ2v) is 3.52. The molecule has 1 amide bonds. The Bertz CT molecular complexity index is 423. The van der Waals surface area contributed by atoms with Gasteiger partial charge in [-0.3, -0.25) is 9.59 Å². The van der Waals surface area contributed by atoms with Crippen molar-refractivity contribution in [2.24, 2.45) is 0 Å². The smallest absolute Gasteiger partial charge is 0.322 e. The van der Waals surface area contributed by atoms with Gasteiger partial charge in [0.25, 0.3) is 0 Å². The maximum atomic E-state index is 13.2. The molecule has 0 heterocycles. The highest BCUT2D eigenvalue weighted by atomic mass is 35.5. The number of carboxylic acids is 1. The van der Waals surface area contributed by atoms with Crippen LogP contribution in [0.1, 0.15) is 5.56 Å². The van der Waals surface area contributed by atoms with Crippen LogP contribution in [0.15, 0.2) is 18.2 Å². The third-order valence-electron chi connectivity index (χ3n) is 1.80. The molecule has 1 aromatic rings. The first-order valence-corrected chi connectivity index (χ1v) is 4.79. The van der Waals surface area contributed by atoms with Crippen molar-refractivity contribution in [3.8, 4) is 0 Å². The van der Waals surface area contributed by atoms with Crippen molar-refractivity contribution in [2.75, 3.05) is 6.54 Å². The van der Waals surface area contributed by atoms with Crippen LogP contribution in [-0.2, 0) is 16.0 Å². The highest BCUT2D eigenvalue weighted by Gasteiger charge is 2.09. The van der Waals surface area contributed by atoms with Crippen molar-refractivity contribution in [3.63, 3.8) is 0 Å². The SMILES string of the molecule is O=C(O)CNC(=O)Cc1cc(Cl)ccc1F. The fraction of sp³-hybridized carbons (Fsp3) is 0.200. The number of rotatable bonds is 4. The fourth-order valence-corrected chi connectivity index (χ4v) is 1.28. The predicted octanol–water partition coefficient (Wildman–Crippen LogP) is 1.22. The second kappa shape index (κ2) is 5.46. The van der Waals surface area contributed by atoms with Crippen molar-refractivity contribution in [3.05, 3.63) is 34.6 Å². The van der Waals surface area contributed by atoms with Gasteiger partial charge in [0.2, 0.25) is 5.91 Å². The normalized spacial score (nSPS) is 9.88. The van der Waals surface area contributed by atoms with Crippen LogP contribution in [0.5, 0.6) is 0 Å². The van der Waals surface area contributed by atoms with Crippen molar-refractivity contribution >= 4 is 23.5 Å². The summed E-state index contributed by atoms with van der Waals surface area (Å²) in [5.74, 6) is -2.27. The minimum absolute atomic E-state index is 0.135. The summed E-state index contributed by atoms with van der Waals surface area (Å²) in [5, 5.41) is 10.8. The first kappa shape index (κ1) is 12.4. The van der Waals surface area contributed by atoms with E-state index in [1.807, 2.05) is 0 Å². The van der Waals surface area contributed by atoms with E-state index in [0.29, 0.717) is 5.02 Å². The van der Waals surface area contributed by atoms with Gasteiger partial charge in [0.05, 0.1) is 6.42 Å². The highest BCUT2D eigenvalue weighted by molar-refractivity contribution is 6.30. The number of halogens is 2. The van der Waals surface area contributed by atoms with Crippen molar-refractivity contribution in [1.29, 1.82) is 0 Å². The number of benzene rings is 1. The van der Waals surface area contributed by atoms with Crippen LogP contribution >= 0.6 is 11.6 Å². The molecule has 1 aromatic carbocycles. The van der Waals surface area contributed by atoms with Gasteiger partial charge in [0.1, 0.15) is 12.4 Å². The number of nitrogens with one attached hydrogen (secondary N) is 1. The molecule has 16 heavy (non-hydrogen) atoms. The predicted molar refractivity (Wildman–Crippen MR) is 55.8 cm³/mol. The van der Waals surface area contributed by atoms with E-state index in [1.165, 1.54) is 12.1 Å². The summed E-state index contributed by atoms with van der Waals surface area (Å²) in [6.07, 6.45) is -0.236. The van der Waals surface area contributed by atoms with E-state index in [4.69, 9.17) is 16.7 Å². The molecule has 0 aliphatic rings. The standard InChI is InChI=1S/C10H9ClFNO3/c11-7-1-2-8(12)6(3-7)4-9(14)13-5-10(15)16/h1-3H,4-5H2,(H,13,14)(H,15,16). The Labute approximate surface area is 96.0 Å².